The van der Waals surface area contributed by atoms with Crippen LogP contribution >= 0.6 is 11.6 Å². The minimum absolute atomic E-state index is 0.199. The molecular weight excluding hydrogens is 292 g/mol. The van der Waals surface area contributed by atoms with E-state index in [9.17, 15) is 9.59 Å². The van der Waals surface area contributed by atoms with Crippen LogP contribution in [-0.2, 0) is 9.59 Å². The molecule has 0 radical (unpaired) electrons. The van der Waals surface area contributed by atoms with Crippen LogP contribution in [0.5, 0.6) is 5.75 Å². The molecule has 0 aliphatic carbocycles. The van der Waals surface area contributed by atoms with Crippen LogP contribution in [0.2, 0.25) is 5.02 Å². The van der Waals surface area contributed by atoms with Gasteiger partial charge in [0, 0.05) is 11.4 Å². The van der Waals surface area contributed by atoms with E-state index in [1.807, 2.05) is 0 Å². The maximum Gasteiger partial charge on any atom is 0.279 e. The predicted octanol–water partition coefficient (Wildman–Crippen LogP) is 2.83. The first kappa shape index (κ1) is 17.3. The number of halogens is 1. The third-order valence-electron chi connectivity index (χ3n) is 2.83. The summed E-state index contributed by atoms with van der Waals surface area (Å²) in [6.45, 7) is 3.67. The van der Waals surface area contributed by atoms with Gasteiger partial charge in [0.25, 0.3) is 5.91 Å². The van der Waals surface area contributed by atoms with Gasteiger partial charge in [-0.1, -0.05) is 31.4 Å². The molecule has 1 unspecified atom stereocenters. The Morgan fingerprint density at radius 2 is 1.86 bits per heavy atom. The van der Waals surface area contributed by atoms with Gasteiger partial charge in [-0.2, -0.15) is 0 Å². The van der Waals surface area contributed by atoms with Gasteiger partial charge in [-0.05, 0) is 37.6 Å². The van der Waals surface area contributed by atoms with E-state index in [0.29, 0.717) is 17.2 Å². The molecule has 5 nitrogen and oxygen atoms in total. The number of benzene rings is 1. The largest absolute Gasteiger partial charge is 0.481 e. The number of nitrogens with one attached hydrogen (secondary N) is 2. The first-order valence-electron chi connectivity index (χ1n) is 7.04. The summed E-state index contributed by atoms with van der Waals surface area (Å²) in [6, 6.07) is 6.71. The van der Waals surface area contributed by atoms with E-state index >= 15 is 0 Å². The van der Waals surface area contributed by atoms with Crippen molar-refractivity contribution in [3.8, 4) is 5.75 Å². The summed E-state index contributed by atoms with van der Waals surface area (Å²) in [6.07, 6.45) is 2.54. The Labute approximate surface area is 130 Å². The average molecular weight is 313 g/mol. The topological polar surface area (TPSA) is 67.4 Å². The number of unbranched alkanes of at least 4 members (excludes halogenated alkanes) is 2. The molecule has 0 aliphatic heterocycles. The van der Waals surface area contributed by atoms with E-state index in [1.165, 1.54) is 0 Å². The highest BCUT2D eigenvalue weighted by atomic mass is 35.5. The number of hydrogen-bond acceptors (Lipinski definition) is 3. The molecule has 0 saturated heterocycles. The highest BCUT2D eigenvalue weighted by Crippen LogP contribution is 2.16. The van der Waals surface area contributed by atoms with Crippen LogP contribution in [-0.4, -0.2) is 17.9 Å². The Morgan fingerprint density at radius 3 is 2.48 bits per heavy atom. The summed E-state index contributed by atoms with van der Waals surface area (Å²) in [5.41, 5.74) is 4.73. The van der Waals surface area contributed by atoms with Gasteiger partial charge in [0.15, 0.2) is 6.10 Å². The molecule has 0 aliphatic rings. The first-order chi connectivity index (χ1) is 10.0. The van der Waals surface area contributed by atoms with Crippen molar-refractivity contribution in [1.29, 1.82) is 0 Å². The van der Waals surface area contributed by atoms with Gasteiger partial charge < -0.3 is 4.74 Å². The molecule has 0 fully saturated rings. The third kappa shape index (κ3) is 6.99. The zero-order valence-corrected chi connectivity index (χ0v) is 13.1. The van der Waals surface area contributed by atoms with Crippen LogP contribution in [0.4, 0.5) is 0 Å². The van der Waals surface area contributed by atoms with Crippen molar-refractivity contribution in [3.05, 3.63) is 29.3 Å². The fourth-order valence-electron chi connectivity index (χ4n) is 1.60. The molecule has 2 amide bonds. The van der Waals surface area contributed by atoms with Crippen LogP contribution in [0.15, 0.2) is 24.3 Å². The number of hydrogen-bond donors (Lipinski definition) is 2. The summed E-state index contributed by atoms with van der Waals surface area (Å²) in [5.74, 6) is -0.0689. The molecular formula is C15H21ClN2O3. The number of ether oxygens (including phenoxy) is 1. The molecule has 1 aromatic rings. The van der Waals surface area contributed by atoms with Gasteiger partial charge >= 0.3 is 0 Å². The lowest BCUT2D eigenvalue weighted by atomic mass is 10.2. The summed E-state index contributed by atoms with van der Waals surface area (Å²) < 4.78 is 5.44. The van der Waals surface area contributed by atoms with E-state index in [-0.39, 0.29) is 5.91 Å². The summed E-state index contributed by atoms with van der Waals surface area (Å²) >= 11 is 5.77. The van der Waals surface area contributed by atoms with Crippen LogP contribution in [0, 0.1) is 0 Å². The molecule has 1 rings (SSSR count). The van der Waals surface area contributed by atoms with E-state index in [1.54, 1.807) is 31.2 Å². The maximum atomic E-state index is 11.8. The Kier molecular flexibility index (Phi) is 7.61. The highest BCUT2D eigenvalue weighted by molar-refractivity contribution is 6.30. The molecule has 1 atom stereocenters. The van der Waals surface area contributed by atoms with E-state index in [4.69, 9.17) is 16.3 Å². The maximum absolute atomic E-state index is 11.8. The Bertz CT molecular complexity index is 462. The minimum atomic E-state index is -0.720. The Morgan fingerprint density at radius 1 is 1.19 bits per heavy atom. The van der Waals surface area contributed by atoms with Crippen molar-refractivity contribution >= 4 is 23.4 Å². The van der Waals surface area contributed by atoms with Crippen molar-refractivity contribution < 1.29 is 14.3 Å². The number of carbonyl (C=O) groups is 2. The lowest BCUT2D eigenvalue weighted by Crippen LogP contribution is -2.47. The van der Waals surface area contributed by atoms with Gasteiger partial charge in [-0.15, -0.1) is 0 Å². The lowest BCUT2D eigenvalue weighted by molar-refractivity contribution is -0.132. The molecule has 2 N–H and O–H groups in total. The zero-order valence-electron chi connectivity index (χ0n) is 12.3. The standard InChI is InChI=1S/C15H21ClN2O3/c1-3-4-5-6-14(19)17-18-15(20)11(2)21-13-9-7-12(16)8-10-13/h7-11H,3-6H2,1-2H3,(H,17,19)(H,18,20). The van der Waals surface area contributed by atoms with Gasteiger partial charge in [0.2, 0.25) is 5.91 Å². The van der Waals surface area contributed by atoms with Crippen molar-refractivity contribution in [1.82, 2.24) is 10.9 Å². The smallest absolute Gasteiger partial charge is 0.279 e. The predicted molar refractivity (Wildman–Crippen MR) is 82.0 cm³/mol. The fourth-order valence-corrected chi connectivity index (χ4v) is 1.73. The average Bonchev–Trinajstić information content (AvgIpc) is 2.47. The Hall–Kier alpha value is -1.75. The van der Waals surface area contributed by atoms with Crippen molar-refractivity contribution in [3.63, 3.8) is 0 Å². The van der Waals surface area contributed by atoms with Gasteiger partial charge in [0.1, 0.15) is 5.75 Å². The molecule has 0 saturated carbocycles. The summed E-state index contributed by atoms with van der Waals surface area (Å²) in [5, 5.41) is 0.596. The second-order valence-corrected chi connectivity index (χ2v) is 5.14. The van der Waals surface area contributed by atoms with E-state index < -0.39 is 12.0 Å². The van der Waals surface area contributed by atoms with Crippen LogP contribution in [0.3, 0.4) is 0 Å². The molecule has 0 aromatic heterocycles. The zero-order chi connectivity index (χ0) is 15.7. The lowest BCUT2D eigenvalue weighted by Gasteiger charge is -2.15. The molecule has 0 heterocycles. The molecule has 1 aromatic carbocycles. The monoisotopic (exact) mass is 312 g/mol. The molecule has 0 bridgehead atoms. The van der Waals surface area contributed by atoms with Crippen molar-refractivity contribution in [2.45, 2.75) is 45.6 Å². The van der Waals surface area contributed by atoms with Gasteiger partial charge in [-0.25, -0.2) is 0 Å². The second-order valence-electron chi connectivity index (χ2n) is 4.71. The fraction of sp³-hybridized carbons (Fsp3) is 0.467. The highest BCUT2D eigenvalue weighted by Gasteiger charge is 2.15. The first-order valence-corrected chi connectivity index (χ1v) is 7.41. The number of rotatable bonds is 7. The quantitative estimate of drug-likeness (QED) is 0.601. The molecule has 21 heavy (non-hydrogen) atoms. The molecule has 116 valence electrons. The minimum Gasteiger partial charge on any atom is -0.481 e. The second kappa shape index (κ2) is 9.23. The summed E-state index contributed by atoms with van der Waals surface area (Å²) in [7, 11) is 0. The molecule has 0 spiro atoms. The number of amides is 2. The van der Waals surface area contributed by atoms with Crippen molar-refractivity contribution in [2.24, 2.45) is 0 Å². The van der Waals surface area contributed by atoms with Crippen molar-refractivity contribution in [2.75, 3.05) is 0 Å². The van der Waals surface area contributed by atoms with Gasteiger partial charge in [0.05, 0.1) is 0 Å². The summed E-state index contributed by atoms with van der Waals surface area (Å²) in [4.78, 5) is 23.2. The van der Waals surface area contributed by atoms with Crippen LogP contribution in [0.1, 0.15) is 39.5 Å². The normalized spacial score (nSPS) is 11.6. The van der Waals surface area contributed by atoms with Crippen LogP contribution < -0.4 is 15.6 Å². The van der Waals surface area contributed by atoms with Crippen LogP contribution in [0.25, 0.3) is 0 Å². The number of hydrazine groups is 1. The van der Waals surface area contributed by atoms with E-state index in [0.717, 1.165) is 19.3 Å². The van der Waals surface area contributed by atoms with Gasteiger partial charge in [-0.3, -0.25) is 20.4 Å². The Balaban J connectivity index is 2.30. The third-order valence-corrected chi connectivity index (χ3v) is 3.08. The number of carbonyl (C=O) groups excluding carboxylic acids is 2. The van der Waals surface area contributed by atoms with E-state index in [2.05, 4.69) is 17.8 Å². The molecule has 6 heteroatoms. The SMILES string of the molecule is CCCCCC(=O)NNC(=O)C(C)Oc1ccc(Cl)cc1.